The van der Waals surface area contributed by atoms with Gasteiger partial charge < -0.3 is 14.2 Å². The van der Waals surface area contributed by atoms with Crippen LogP contribution in [0.2, 0.25) is 0 Å². The smallest absolute Gasteiger partial charge is 0.137 e. The van der Waals surface area contributed by atoms with E-state index in [4.69, 9.17) is 4.74 Å². The first-order valence-corrected chi connectivity index (χ1v) is 8.00. The number of aliphatic hydroxyl groups is 1. The van der Waals surface area contributed by atoms with Crippen LogP contribution >= 0.6 is 0 Å². The van der Waals surface area contributed by atoms with E-state index in [1.807, 2.05) is 48.0 Å². The van der Waals surface area contributed by atoms with Gasteiger partial charge in [-0.2, -0.15) is 0 Å². The van der Waals surface area contributed by atoms with Gasteiger partial charge in [-0.05, 0) is 43.3 Å². The number of pyridine rings is 1. The van der Waals surface area contributed by atoms with Crippen LogP contribution in [0.3, 0.4) is 0 Å². The zero-order valence-corrected chi connectivity index (χ0v) is 14.3. The minimum absolute atomic E-state index is 0.0509. The Hall–Kier alpha value is -2.37. The second-order valence-corrected chi connectivity index (χ2v) is 6.09. The number of hydrogen-bond donors (Lipinski definition) is 1. The van der Waals surface area contributed by atoms with Crippen LogP contribution in [0.1, 0.15) is 22.9 Å². The number of aliphatic hydroxyl groups excluding tert-OH is 1. The number of aromatic nitrogens is 2. The van der Waals surface area contributed by atoms with Crippen LogP contribution < -0.4 is 4.74 Å². The van der Waals surface area contributed by atoms with Gasteiger partial charge in [0.1, 0.15) is 11.4 Å². The van der Waals surface area contributed by atoms with Crippen LogP contribution in [0.4, 0.5) is 0 Å². The molecule has 0 aliphatic heterocycles. The SMILES string of the molecule is COc1ccc(C(CO)N(C)Cc2cn3cc(C)ccc3n2)cc1. The number of ether oxygens (including phenoxy) is 1. The predicted molar refractivity (Wildman–Crippen MR) is 94.2 cm³/mol. The fraction of sp³-hybridized carbons (Fsp3) is 0.316. The zero-order chi connectivity index (χ0) is 17.1. The maximum Gasteiger partial charge on any atom is 0.137 e. The first-order chi connectivity index (χ1) is 11.6. The predicted octanol–water partition coefficient (Wildman–Crippen LogP) is 2.82. The van der Waals surface area contributed by atoms with Crippen molar-refractivity contribution < 1.29 is 9.84 Å². The lowest BCUT2D eigenvalue weighted by molar-refractivity contribution is 0.141. The van der Waals surface area contributed by atoms with Crippen molar-refractivity contribution in [2.45, 2.75) is 19.5 Å². The van der Waals surface area contributed by atoms with Gasteiger partial charge in [-0.15, -0.1) is 0 Å². The van der Waals surface area contributed by atoms with E-state index in [1.165, 1.54) is 5.56 Å². The highest BCUT2D eigenvalue weighted by Gasteiger charge is 2.17. The average molecular weight is 325 g/mol. The molecule has 126 valence electrons. The third-order valence-corrected chi connectivity index (χ3v) is 4.27. The summed E-state index contributed by atoms with van der Waals surface area (Å²) in [4.78, 5) is 6.76. The molecule has 3 aromatic rings. The van der Waals surface area contributed by atoms with Crippen LogP contribution in [0.25, 0.3) is 5.65 Å². The number of benzene rings is 1. The van der Waals surface area contributed by atoms with Crippen LogP contribution in [0.5, 0.6) is 5.75 Å². The molecule has 1 N–H and O–H groups in total. The number of methoxy groups -OCH3 is 1. The number of imidazole rings is 1. The second-order valence-electron chi connectivity index (χ2n) is 6.09. The van der Waals surface area contributed by atoms with Crippen LogP contribution in [0.15, 0.2) is 48.8 Å². The van der Waals surface area contributed by atoms with Gasteiger partial charge in [0.15, 0.2) is 0 Å². The zero-order valence-electron chi connectivity index (χ0n) is 14.3. The molecule has 0 radical (unpaired) electrons. The van der Waals surface area contributed by atoms with Crippen molar-refractivity contribution in [2.75, 3.05) is 20.8 Å². The Morgan fingerprint density at radius 3 is 2.58 bits per heavy atom. The molecular formula is C19H23N3O2. The van der Waals surface area contributed by atoms with Gasteiger partial charge in [-0.25, -0.2) is 4.98 Å². The first kappa shape index (κ1) is 16.5. The number of aryl methyl sites for hydroxylation is 1. The Morgan fingerprint density at radius 1 is 1.17 bits per heavy atom. The fourth-order valence-electron chi connectivity index (χ4n) is 2.92. The molecule has 24 heavy (non-hydrogen) atoms. The lowest BCUT2D eigenvalue weighted by atomic mass is 10.1. The molecule has 0 aliphatic carbocycles. The number of likely N-dealkylation sites (N-methyl/N-ethyl adjacent to an activating group) is 1. The average Bonchev–Trinajstić information content (AvgIpc) is 2.97. The lowest BCUT2D eigenvalue weighted by Crippen LogP contribution is -2.27. The molecule has 2 aromatic heterocycles. The van der Waals surface area contributed by atoms with Crippen molar-refractivity contribution in [3.05, 3.63) is 65.6 Å². The lowest BCUT2D eigenvalue weighted by Gasteiger charge is -2.26. The molecule has 0 spiro atoms. The molecule has 1 unspecified atom stereocenters. The standard InChI is InChI=1S/C19H23N3O2/c1-14-4-9-19-20-16(12-22(19)10-14)11-21(2)18(13-23)15-5-7-17(24-3)8-6-15/h4-10,12,18,23H,11,13H2,1-3H3. The summed E-state index contributed by atoms with van der Waals surface area (Å²) in [5.74, 6) is 0.814. The molecule has 0 bridgehead atoms. The monoisotopic (exact) mass is 325 g/mol. The van der Waals surface area contributed by atoms with Gasteiger partial charge in [-0.1, -0.05) is 18.2 Å². The molecule has 0 fully saturated rings. The molecule has 3 rings (SSSR count). The molecule has 5 heteroatoms. The maximum absolute atomic E-state index is 9.83. The van der Waals surface area contributed by atoms with E-state index >= 15 is 0 Å². The van der Waals surface area contributed by atoms with E-state index in [0.29, 0.717) is 6.54 Å². The summed E-state index contributed by atoms with van der Waals surface area (Å²) in [5, 5.41) is 9.83. The van der Waals surface area contributed by atoms with Crippen molar-refractivity contribution in [1.29, 1.82) is 0 Å². The molecule has 0 saturated carbocycles. The summed E-state index contributed by atoms with van der Waals surface area (Å²) < 4.78 is 7.23. The van der Waals surface area contributed by atoms with Gasteiger partial charge >= 0.3 is 0 Å². The van der Waals surface area contributed by atoms with E-state index < -0.39 is 0 Å². The Balaban J connectivity index is 1.78. The van der Waals surface area contributed by atoms with E-state index in [-0.39, 0.29) is 12.6 Å². The quantitative estimate of drug-likeness (QED) is 0.757. The van der Waals surface area contributed by atoms with Gasteiger partial charge in [0.25, 0.3) is 0 Å². The molecule has 0 aliphatic rings. The summed E-state index contributed by atoms with van der Waals surface area (Å²) in [7, 11) is 3.65. The Morgan fingerprint density at radius 2 is 1.92 bits per heavy atom. The van der Waals surface area contributed by atoms with Crippen molar-refractivity contribution in [3.63, 3.8) is 0 Å². The van der Waals surface area contributed by atoms with Crippen molar-refractivity contribution in [1.82, 2.24) is 14.3 Å². The van der Waals surface area contributed by atoms with Crippen molar-refractivity contribution in [3.8, 4) is 5.75 Å². The summed E-state index contributed by atoms with van der Waals surface area (Å²) in [5.41, 5.74) is 4.18. The fourth-order valence-corrected chi connectivity index (χ4v) is 2.92. The van der Waals surface area contributed by atoms with Crippen LogP contribution in [-0.2, 0) is 6.54 Å². The molecule has 1 aromatic carbocycles. The molecule has 1 atom stereocenters. The second kappa shape index (κ2) is 7.03. The molecule has 5 nitrogen and oxygen atoms in total. The highest BCUT2D eigenvalue weighted by atomic mass is 16.5. The summed E-state index contributed by atoms with van der Waals surface area (Å²) >= 11 is 0. The van der Waals surface area contributed by atoms with Gasteiger partial charge in [0, 0.05) is 18.9 Å². The van der Waals surface area contributed by atoms with E-state index in [1.54, 1.807) is 7.11 Å². The van der Waals surface area contributed by atoms with Gasteiger partial charge in [0.05, 0.1) is 25.5 Å². The van der Waals surface area contributed by atoms with Crippen molar-refractivity contribution >= 4 is 5.65 Å². The third kappa shape index (κ3) is 3.42. The maximum atomic E-state index is 9.83. The first-order valence-electron chi connectivity index (χ1n) is 8.00. The van der Waals surface area contributed by atoms with Gasteiger partial charge in [-0.3, -0.25) is 4.90 Å². The summed E-state index contributed by atoms with van der Waals surface area (Å²) in [6, 6.07) is 11.8. The Bertz CT molecular complexity index is 811. The number of nitrogens with zero attached hydrogens (tertiary/aromatic N) is 3. The summed E-state index contributed by atoms with van der Waals surface area (Å²) in [6.07, 6.45) is 4.11. The Labute approximate surface area is 142 Å². The highest BCUT2D eigenvalue weighted by Crippen LogP contribution is 2.23. The highest BCUT2D eigenvalue weighted by molar-refractivity contribution is 5.41. The minimum Gasteiger partial charge on any atom is -0.497 e. The van der Waals surface area contributed by atoms with Gasteiger partial charge in [0.2, 0.25) is 0 Å². The summed E-state index contributed by atoms with van der Waals surface area (Å²) in [6.45, 7) is 2.78. The molecule has 2 heterocycles. The molecular weight excluding hydrogens is 302 g/mol. The normalized spacial score (nSPS) is 12.7. The minimum atomic E-state index is -0.0811. The van der Waals surface area contributed by atoms with E-state index in [0.717, 1.165) is 22.7 Å². The third-order valence-electron chi connectivity index (χ3n) is 4.27. The van der Waals surface area contributed by atoms with E-state index in [2.05, 4.69) is 29.1 Å². The number of hydrogen-bond acceptors (Lipinski definition) is 4. The topological polar surface area (TPSA) is 50.0 Å². The Kier molecular flexibility index (Phi) is 4.83. The number of fused-ring (bicyclic) bond motifs is 1. The largest absolute Gasteiger partial charge is 0.497 e. The van der Waals surface area contributed by atoms with Crippen LogP contribution in [-0.4, -0.2) is 40.2 Å². The number of rotatable bonds is 6. The van der Waals surface area contributed by atoms with Crippen LogP contribution in [0, 0.1) is 6.92 Å². The molecule has 0 amide bonds. The molecule has 0 saturated heterocycles. The van der Waals surface area contributed by atoms with E-state index in [9.17, 15) is 5.11 Å². The van der Waals surface area contributed by atoms with Crippen molar-refractivity contribution in [2.24, 2.45) is 0 Å².